The Balaban J connectivity index is 1.95. The van der Waals surface area contributed by atoms with E-state index >= 15 is 0 Å². The van der Waals surface area contributed by atoms with Crippen molar-refractivity contribution in [3.63, 3.8) is 0 Å². The van der Waals surface area contributed by atoms with E-state index in [1.807, 2.05) is 0 Å². The number of sulfonamides is 1. The fourth-order valence-corrected chi connectivity index (χ4v) is 3.08. The molecule has 0 spiro atoms. The van der Waals surface area contributed by atoms with Crippen molar-refractivity contribution < 1.29 is 13.2 Å². The Morgan fingerprint density at radius 3 is 2.74 bits per heavy atom. The Bertz CT molecular complexity index is 539. The molecule has 0 atom stereocenters. The van der Waals surface area contributed by atoms with E-state index in [1.54, 1.807) is 6.07 Å². The van der Waals surface area contributed by atoms with Crippen LogP contribution in [0.2, 0.25) is 0 Å². The number of rotatable bonds is 7. The first-order valence-electron chi connectivity index (χ1n) is 6.46. The number of ether oxygens (including phenoxy) is 1. The van der Waals surface area contributed by atoms with Gasteiger partial charge < -0.3 is 10.5 Å². The van der Waals surface area contributed by atoms with Crippen LogP contribution in [0.5, 0.6) is 5.75 Å². The number of benzene rings is 1. The van der Waals surface area contributed by atoms with E-state index in [4.69, 9.17) is 10.5 Å². The molecule has 1 aliphatic carbocycles. The largest absolute Gasteiger partial charge is 0.495 e. The molecule has 0 amide bonds. The minimum atomic E-state index is -3.47. The molecule has 0 unspecified atom stereocenters. The normalized spacial score (nSPS) is 15.4. The van der Waals surface area contributed by atoms with Crippen molar-refractivity contribution in [1.29, 1.82) is 0 Å². The molecular weight excluding hydrogens is 264 g/mol. The lowest BCUT2D eigenvalue weighted by atomic mass is 10.2. The summed E-state index contributed by atoms with van der Waals surface area (Å²) in [6.45, 7) is 0.477. The lowest BCUT2D eigenvalue weighted by Crippen LogP contribution is -2.25. The quantitative estimate of drug-likeness (QED) is 0.590. The maximum absolute atomic E-state index is 12.0. The number of methoxy groups -OCH3 is 1. The molecule has 5 nitrogen and oxygen atoms in total. The zero-order valence-electron chi connectivity index (χ0n) is 11.1. The lowest BCUT2D eigenvalue weighted by molar-refractivity contribution is 0.416. The van der Waals surface area contributed by atoms with Gasteiger partial charge in [-0.1, -0.05) is 12.8 Å². The van der Waals surface area contributed by atoms with Crippen LogP contribution in [0, 0.1) is 5.92 Å². The van der Waals surface area contributed by atoms with Gasteiger partial charge in [0.15, 0.2) is 0 Å². The zero-order valence-corrected chi connectivity index (χ0v) is 11.9. The Labute approximate surface area is 114 Å². The summed E-state index contributed by atoms with van der Waals surface area (Å²) in [5, 5.41) is 0. The van der Waals surface area contributed by atoms with Crippen LogP contribution in [-0.4, -0.2) is 22.1 Å². The Morgan fingerprint density at radius 2 is 2.16 bits per heavy atom. The van der Waals surface area contributed by atoms with Crippen LogP contribution in [0.25, 0.3) is 0 Å². The minimum absolute atomic E-state index is 0.178. The van der Waals surface area contributed by atoms with Gasteiger partial charge in [-0.15, -0.1) is 0 Å². The van der Waals surface area contributed by atoms with Crippen LogP contribution in [0.1, 0.15) is 25.7 Å². The average Bonchev–Trinajstić information content (AvgIpc) is 3.18. The number of nitrogen functional groups attached to an aromatic ring is 1. The van der Waals surface area contributed by atoms with Gasteiger partial charge in [-0.2, -0.15) is 0 Å². The van der Waals surface area contributed by atoms with Gasteiger partial charge in [-0.25, -0.2) is 13.1 Å². The highest BCUT2D eigenvalue weighted by molar-refractivity contribution is 7.89. The second-order valence-electron chi connectivity index (χ2n) is 4.89. The van der Waals surface area contributed by atoms with Gasteiger partial charge in [0, 0.05) is 6.54 Å². The molecule has 1 aromatic rings. The van der Waals surface area contributed by atoms with Crippen LogP contribution in [0.4, 0.5) is 5.69 Å². The van der Waals surface area contributed by atoms with Crippen LogP contribution < -0.4 is 15.2 Å². The highest BCUT2D eigenvalue weighted by Crippen LogP contribution is 2.33. The van der Waals surface area contributed by atoms with Crippen molar-refractivity contribution in [2.24, 2.45) is 5.92 Å². The summed E-state index contributed by atoms with van der Waals surface area (Å²) in [6.07, 6.45) is 4.58. The number of nitrogens with one attached hydrogen (secondary N) is 1. The summed E-state index contributed by atoms with van der Waals surface area (Å²) in [7, 11) is -1.97. The number of anilines is 1. The molecular formula is C13H20N2O3S. The van der Waals surface area contributed by atoms with E-state index < -0.39 is 10.0 Å². The Kier molecular flexibility index (Phi) is 4.31. The van der Waals surface area contributed by atoms with E-state index in [1.165, 1.54) is 32.1 Å². The van der Waals surface area contributed by atoms with Crippen LogP contribution in [-0.2, 0) is 10.0 Å². The first-order valence-corrected chi connectivity index (χ1v) is 7.94. The molecule has 0 radical (unpaired) electrons. The third kappa shape index (κ3) is 3.84. The Hall–Kier alpha value is -1.27. The summed E-state index contributed by atoms with van der Waals surface area (Å²) >= 11 is 0. The maximum atomic E-state index is 12.0. The molecule has 1 saturated carbocycles. The molecule has 0 saturated heterocycles. The van der Waals surface area contributed by atoms with Crippen molar-refractivity contribution in [3.8, 4) is 5.75 Å². The molecule has 1 fully saturated rings. The maximum Gasteiger partial charge on any atom is 0.240 e. The van der Waals surface area contributed by atoms with E-state index in [0.717, 1.165) is 18.8 Å². The number of hydrogen-bond acceptors (Lipinski definition) is 4. The summed E-state index contributed by atoms with van der Waals surface area (Å²) < 4.78 is 31.7. The standard InChI is InChI=1S/C13H20N2O3S/c1-18-13-7-6-11(9-12(13)14)19(16,17)15-8-2-3-10-4-5-10/h6-7,9-10,15H,2-5,8,14H2,1H3. The number of nitrogens with two attached hydrogens (primary N) is 1. The van der Waals surface area contributed by atoms with Crippen molar-refractivity contribution >= 4 is 15.7 Å². The summed E-state index contributed by atoms with van der Waals surface area (Å²) in [5.74, 6) is 1.30. The molecule has 106 valence electrons. The smallest absolute Gasteiger partial charge is 0.240 e. The van der Waals surface area contributed by atoms with Crippen molar-refractivity contribution in [2.45, 2.75) is 30.6 Å². The molecule has 0 aliphatic heterocycles. The number of hydrogen-bond donors (Lipinski definition) is 2. The van der Waals surface area contributed by atoms with Gasteiger partial charge in [-0.3, -0.25) is 0 Å². The molecule has 1 aliphatic rings. The van der Waals surface area contributed by atoms with Gasteiger partial charge in [0.25, 0.3) is 0 Å². The van der Waals surface area contributed by atoms with Gasteiger partial charge in [-0.05, 0) is 37.0 Å². The lowest BCUT2D eigenvalue weighted by Gasteiger charge is -2.09. The molecule has 1 aromatic carbocycles. The summed E-state index contributed by atoms with van der Waals surface area (Å²) in [6, 6.07) is 4.48. The molecule has 0 aromatic heterocycles. The predicted octanol–water partition coefficient (Wildman–Crippen LogP) is 1.75. The van der Waals surface area contributed by atoms with E-state index in [0.29, 0.717) is 18.0 Å². The van der Waals surface area contributed by atoms with Crippen LogP contribution in [0.3, 0.4) is 0 Å². The first-order chi connectivity index (χ1) is 9.03. The van der Waals surface area contributed by atoms with E-state index in [2.05, 4.69) is 4.72 Å². The summed E-state index contributed by atoms with van der Waals surface area (Å²) in [5.41, 5.74) is 6.04. The van der Waals surface area contributed by atoms with Gasteiger partial charge in [0.05, 0.1) is 17.7 Å². The monoisotopic (exact) mass is 284 g/mol. The van der Waals surface area contributed by atoms with Crippen molar-refractivity contribution in [1.82, 2.24) is 4.72 Å². The molecule has 19 heavy (non-hydrogen) atoms. The molecule has 0 bridgehead atoms. The highest BCUT2D eigenvalue weighted by atomic mass is 32.2. The third-order valence-electron chi connectivity index (χ3n) is 3.29. The summed E-state index contributed by atoms with van der Waals surface area (Å²) in [4.78, 5) is 0.178. The predicted molar refractivity (Wildman–Crippen MR) is 74.6 cm³/mol. The molecule has 0 heterocycles. The van der Waals surface area contributed by atoms with Gasteiger partial charge in [0.1, 0.15) is 5.75 Å². The average molecular weight is 284 g/mol. The highest BCUT2D eigenvalue weighted by Gasteiger charge is 2.21. The fourth-order valence-electron chi connectivity index (χ4n) is 1.97. The topological polar surface area (TPSA) is 81.4 Å². The third-order valence-corrected chi connectivity index (χ3v) is 4.75. The van der Waals surface area contributed by atoms with E-state index in [9.17, 15) is 8.42 Å². The molecule has 3 N–H and O–H groups in total. The Morgan fingerprint density at radius 1 is 1.42 bits per heavy atom. The second-order valence-corrected chi connectivity index (χ2v) is 6.65. The fraction of sp³-hybridized carbons (Fsp3) is 0.538. The van der Waals surface area contributed by atoms with Crippen molar-refractivity contribution in [2.75, 3.05) is 19.4 Å². The first kappa shape index (κ1) is 14.1. The van der Waals surface area contributed by atoms with Crippen molar-refractivity contribution in [3.05, 3.63) is 18.2 Å². The van der Waals surface area contributed by atoms with Crippen LogP contribution in [0.15, 0.2) is 23.1 Å². The van der Waals surface area contributed by atoms with E-state index in [-0.39, 0.29) is 4.90 Å². The van der Waals surface area contributed by atoms with Crippen LogP contribution >= 0.6 is 0 Å². The molecule has 6 heteroatoms. The SMILES string of the molecule is COc1ccc(S(=O)(=O)NCCCC2CC2)cc1N. The molecule has 2 rings (SSSR count). The minimum Gasteiger partial charge on any atom is -0.495 e. The van der Waals surface area contributed by atoms with Gasteiger partial charge in [0.2, 0.25) is 10.0 Å². The van der Waals surface area contributed by atoms with Gasteiger partial charge >= 0.3 is 0 Å². The second kappa shape index (κ2) is 5.79. The zero-order chi connectivity index (χ0) is 13.9.